The number of nitrogens with one attached hydrogen (secondary N) is 2. The number of benzene rings is 1. The van der Waals surface area contributed by atoms with E-state index in [0.717, 1.165) is 5.56 Å². The molecule has 1 aromatic carbocycles. The summed E-state index contributed by atoms with van der Waals surface area (Å²) in [4.78, 5) is 23.4. The number of hydrogen-bond acceptors (Lipinski definition) is 5. The molecule has 1 heterocycles. The summed E-state index contributed by atoms with van der Waals surface area (Å²) in [5.41, 5.74) is 3.20. The van der Waals surface area contributed by atoms with Gasteiger partial charge in [0.25, 0.3) is 5.91 Å². The zero-order valence-electron chi connectivity index (χ0n) is 11.8. The van der Waals surface area contributed by atoms with Gasteiger partial charge in [-0.15, -0.1) is 0 Å². The predicted molar refractivity (Wildman–Crippen MR) is 78.2 cm³/mol. The monoisotopic (exact) mass is 300 g/mol. The van der Waals surface area contributed by atoms with E-state index in [1.807, 2.05) is 30.3 Å². The Balaban J connectivity index is 1.58. The van der Waals surface area contributed by atoms with Gasteiger partial charge in [0.2, 0.25) is 5.91 Å². The zero-order chi connectivity index (χ0) is 15.5. The molecule has 1 aliphatic rings. The molecule has 0 unspecified atom stereocenters. The van der Waals surface area contributed by atoms with E-state index in [1.165, 1.54) is 0 Å². The molecule has 4 N–H and O–H groups in total. The van der Waals surface area contributed by atoms with Gasteiger partial charge >= 0.3 is 0 Å². The minimum atomic E-state index is -0.303. The lowest BCUT2D eigenvalue weighted by Gasteiger charge is -2.33. The zero-order valence-corrected chi connectivity index (χ0v) is 11.8. The van der Waals surface area contributed by atoms with Crippen molar-refractivity contribution >= 4 is 11.8 Å². The van der Waals surface area contributed by atoms with E-state index in [4.69, 9.17) is 10.4 Å². The van der Waals surface area contributed by atoms with Crippen LogP contribution in [0.1, 0.15) is 23.3 Å². The Morgan fingerprint density at radius 2 is 1.95 bits per heavy atom. The third-order valence-corrected chi connectivity index (χ3v) is 3.79. The standard InChI is InChI=1S/C15H16N4O3/c16-18-14(20)10-6-11(7-10)17-15(21)12-8-13(22-19-12)9-4-2-1-3-5-9/h1-5,8,10-11H,6-7,16H2,(H,17,21)(H,18,20). The number of nitrogens with two attached hydrogens (primary N) is 1. The number of hydrazine groups is 1. The smallest absolute Gasteiger partial charge is 0.273 e. The van der Waals surface area contributed by atoms with Gasteiger partial charge in [0.15, 0.2) is 11.5 Å². The molecule has 0 radical (unpaired) electrons. The van der Waals surface area contributed by atoms with Crippen molar-refractivity contribution in [1.29, 1.82) is 0 Å². The second-order valence-electron chi connectivity index (χ2n) is 5.29. The molecule has 7 heteroatoms. The maximum absolute atomic E-state index is 12.1. The first kappa shape index (κ1) is 14.3. The summed E-state index contributed by atoms with van der Waals surface area (Å²) in [6, 6.07) is 11.0. The van der Waals surface area contributed by atoms with Crippen LogP contribution < -0.4 is 16.6 Å². The summed E-state index contributed by atoms with van der Waals surface area (Å²) in [5, 5.41) is 6.61. The summed E-state index contributed by atoms with van der Waals surface area (Å²) >= 11 is 0. The van der Waals surface area contributed by atoms with Gasteiger partial charge in [0.1, 0.15) is 0 Å². The van der Waals surface area contributed by atoms with Crippen LogP contribution in [0, 0.1) is 5.92 Å². The Kier molecular flexibility index (Phi) is 3.88. The van der Waals surface area contributed by atoms with Crippen molar-refractivity contribution < 1.29 is 14.1 Å². The average molecular weight is 300 g/mol. The summed E-state index contributed by atoms with van der Waals surface area (Å²) in [5.74, 6) is 4.98. The normalized spacial score (nSPS) is 20.0. The highest BCUT2D eigenvalue weighted by molar-refractivity contribution is 5.93. The molecule has 114 valence electrons. The van der Waals surface area contributed by atoms with Crippen molar-refractivity contribution in [2.45, 2.75) is 18.9 Å². The Hall–Kier alpha value is -2.67. The van der Waals surface area contributed by atoms with Crippen molar-refractivity contribution in [3.63, 3.8) is 0 Å². The summed E-state index contributed by atoms with van der Waals surface area (Å²) in [6.07, 6.45) is 1.16. The Bertz CT molecular complexity index is 677. The highest BCUT2D eigenvalue weighted by atomic mass is 16.5. The first-order valence-corrected chi connectivity index (χ1v) is 7.01. The highest BCUT2D eigenvalue weighted by Crippen LogP contribution is 2.27. The van der Waals surface area contributed by atoms with Gasteiger partial charge in [0.05, 0.1) is 0 Å². The lowest BCUT2D eigenvalue weighted by Crippen LogP contribution is -2.50. The molecular formula is C15H16N4O3. The van der Waals surface area contributed by atoms with Crippen LogP contribution in [0.3, 0.4) is 0 Å². The lowest BCUT2D eigenvalue weighted by atomic mass is 9.79. The fraction of sp³-hybridized carbons (Fsp3) is 0.267. The second kappa shape index (κ2) is 5.98. The molecule has 1 aliphatic carbocycles. The van der Waals surface area contributed by atoms with Crippen molar-refractivity contribution in [1.82, 2.24) is 15.9 Å². The van der Waals surface area contributed by atoms with E-state index in [-0.39, 0.29) is 29.5 Å². The number of hydrogen-bond donors (Lipinski definition) is 3. The van der Waals surface area contributed by atoms with Gasteiger partial charge in [-0.1, -0.05) is 35.5 Å². The van der Waals surface area contributed by atoms with Crippen LogP contribution in [0.25, 0.3) is 11.3 Å². The molecule has 0 spiro atoms. The van der Waals surface area contributed by atoms with E-state index in [1.54, 1.807) is 6.07 Å². The molecule has 1 aromatic heterocycles. The SMILES string of the molecule is NNC(=O)C1CC(NC(=O)c2cc(-c3ccccc3)on2)C1. The Morgan fingerprint density at radius 1 is 1.23 bits per heavy atom. The van der Waals surface area contributed by atoms with Gasteiger partial charge in [-0.3, -0.25) is 15.0 Å². The van der Waals surface area contributed by atoms with Crippen molar-refractivity contribution in [3.8, 4) is 11.3 Å². The van der Waals surface area contributed by atoms with Crippen LogP contribution in [0.15, 0.2) is 40.9 Å². The van der Waals surface area contributed by atoms with Gasteiger partial charge < -0.3 is 9.84 Å². The van der Waals surface area contributed by atoms with Crippen LogP contribution >= 0.6 is 0 Å². The fourth-order valence-electron chi connectivity index (χ4n) is 2.45. The summed E-state index contributed by atoms with van der Waals surface area (Å²) in [6.45, 7) is 0. The van der Waals surface area contributed by atoms with E-state index in [2.05, 4.69) is 15.9 Å². The molecule has 0 bridgehead atoms. The van der Waals surface area contributed by atoms with Crippen LogP contribution in [0.4, 0.5) is 0 Å². The highest BCUT2D eigenvalue weighted by Gasteiger charge is 2.35. The molecule has 7 nitrogen and oxygen atoms in total. The molecule has 1 fully saturated rings. The van der Waals surface area contributed by atoms with E-state index < -0.39 is 0 Å². The van der Waals surface area contributed by atoms with Gasteiger partial charge in [0, 0.05) is 23.6 Å². The molecule has 2 aromatic rings. The summed E-state index contributed by atoms with van der Waals surface area (Å²) in [7, 11) is 0. The Labute approximate surface area is 126 Å². The fourth-order valence-corrected chi connectivity index (χ4v) is 2.45. The number of nitrogens with zero attached hydrogens (tertiary/aromatic N) is 1. The number of aromatic nitrogens is 1. The first-order chi connectivity index (χ1) is 10.7. The van der Waals surface area contributed by atoms with Crippen LogP contribution in [-0.4, -0.2) is 23.0 Å². The molecule has 3 rings (SSSR count). The minimum absolute atomic E-state index is 0.0355. The van der Waals surface area contributed by atoms with Crippen molar-refractivity contribution in [2.75, 3.05) is 0 Å². The molecule has 2 amide bonds. The molecule has 22 heavy (non-hydrogen) atoms. The average Bonchev–Trinajstić information content (AvgIpc) is 3.00. The van der Waals surface area contributed by atoms with Crippen LogP contribution in [0.5, 0.6) is 0 Å². The number of carbonyl (C=O) groups is 2. The van der Waals surface area contributed by atoms with E-state index >= 15 is 0 Å². The quantitative estimate of drug-likeness (QED) is 0.440. The molecular weight excluding hydrogens is 284 g/mol. The number of amides is 2. The third-order valence-electron chi connectivity index (χ3n) is 3.79. The third kappa shape index (κ3) is 2.84. The van der Waals surface area contributed by atoms with Crippen LogP contribution in [0.2, 0.25) is 0 Å². The number of carbonyl (C=O) groups excluding carboxylic acids is 2. The predicted octanol–water partition coefficient (Wildman–Crippen LogP) is 0.840. The maximum Gasteiger partial charge on any atom is 0.273 e. The van der Waals surface area contributed by atoms with Crippen molar-refractivity contribution in [3.05, 3.63) is 42.1 Å². The molecule has 1 saturated carbocycles. The maximum atomic E-state index is 12.1. The van der Waals surface area contributed by atoms with Gasteiger partial charge in [-0.25, -0.2) is 5.84 Å². The van der Waals surface area contributed by atoms with Gasteiger partial charge in [-0.05, 0) is 12.8 Å². The molecule has 0 atom stereocenters. The number of rotatable bonds is 4. The van der Waals surface area contributed by atoms with Gasteiger partial charge in [-0.2, -0.15) is 0 Å². The van der Waals surface area contributed by atoms with E-state index in [0.29, 0.717) is 18.6 Å². The van der Waals surface area contributed by atoms with E-state index in [9.17, 15) is 9.59 Å². The van der Waals surface area contributed by atoms with Crippen molar-refractivity contribution in [2.24, 2.45) is 11.8 Å². The molecule has 0 aliphatic heterocycles. The van der Waals surface area contributed by atoms with Crippen LogP contribution in [-0.2, 0) is 4.79 Å². The summed E-state index contributed by atoms with van der Waals surface area (Å²) < 4.78 is 5.19. The molecule has 0 saturated heterocycles. The minimum Gasteiger partial charge on any atom is -0.355 e. The second-order valence-corrected chi connectivity index (χ2v) is 5.29. The topological polar surface area (TPSA) is 110 Å². The largest absolute Gasteiger partial charge is 0.355 e. The first-order valence-electron chi connectivity index (χ1n) is 7.01. The Morgan fingerprint density at radius 3 is 2.64 bits per heavy atom. The lowest BCUT2D eigenvalue weighted by molar-refractivity contribution is -0.128.